The molecule has 3 heterocycles. The van der Waals surface area contributed by atoms with E-state index in [-0.39, 0.29) is 0 Å². The molecule has 1 N–H and O–H groups in total. The van der Waals surface area contributed by atoms with E-state index in [1.54, 1.807) is 12.4 Å². The van der Waals surface area contributed by atoms with Gasteiger partial charge in [0.1, 0.15) is 5.70 Å². The average Bonchev–Trinajstić information content (AvgIpc) is 3.31. The lowest BCUT2D eigenvalue weighted by Crippen LogP contribution is -2.18. The van der Waals surface area contributed by atoms with Crippen molar-refractivity contribution in [1.29, 1.82) is 0 Å². The number of hydrogen-bond acceptors (Lipinski definition) is 5. The molecule has 0 radical (unpaired) electrons. The van der Waals surface area contributed by atoms with E-state index in [9.17, 15) is 0 Å². The highest BCUT2D eigenvalue weighted by Crippen LogP contribution is 2.27. The highest BCUT2D eigenvalue weighted by atomic mass is 35.5. The van der Waals surface area contributed by atoms with Gasteiger partial charge in [0.15, 0.2) is 5.65 Å². The predicted molar refractivity (Wildman–Crippen MR) is 123 cm³/mol. The normalized spacial score (nSPS) is 16.1. The molecular weight excluding hydrogens is 384 g/mol. The lowest BCUT2D eigenvalue weighted by atomic mass is 10.2. The highest BCUT2D eigenvalue weighted by molar-refractivity contribution is 6.33. The molecule has 1 aliphatic rings. The molecule has 6 nitrogen and oxygen atoms in total. The summed E-state index contributed by atoms with van der Waals surface area (Å²) < 4.78 is 2.01. The van der Waals surface area contributed by atoms with E-state index in [4.69, 9.17) is 11.6 Å². The van der Waals surface area contributed by atoms with Gasteiger partial charge in [-0.3, -0.25) is 19.3 Å². The van der Waals surface area contributed by atoms with Crippen LogP contribution in [0.1, 0.15) is 36.7 Å². The summed E-state index contributed by atoms with van der Waals surface area (Å²) in [6.07, 6.45) is 11.9. The van der Waals surface area contributed by atoms with Crippen molar-refractivity contribution in [2.24, 2.45) is 9.98 Å². The molecule has 2 aromatic rings. The minimum absolute atomic E-state index is 0.637. The summed E-state index contributed by atoms with van der Waals surface area (Å²) in [5.41, 5.74) is 5.04. The molecule has 0 unspecified atom stereocenters. The van der Waals surface area contributed by atoms with Crippen LogP contribution in [-0.2, 0) is 6.54 Å². The van der Waals surface area contributed by atoms with E-state index in [1.807, 2.05) is 36.5 Å². The molecule has 0 saturated carbocycles. The first kappa shape index (κ1) is 21.0. The number of fused-ring (bicyclic) bond motifs is 1. The summed E-state index contributed by atoms with van der Waals surface area (Å²) in [5.74, 6) is 0. The number of halogens is 1. The monoisotopic (exact) mass is 410 g/mol. The van der Waals surface area contributed by atoms with Crippen molar-refractivity contribution in [2.75, 3.05) is 13.1 Å². The largest absolute Gasteiger partial charge is 0.358 e. The van der Waals surface area contributed by atoms with Gasteiger partial charge >= 0.3 is 0 Å². The molecule has 3 rings (SSSR count). The quantitative estimate of drug-likeness (QED) is 0.511. The van der Waals surface area contributed by atoms with Crippen molar-refractivity contribution in [2.45, 2.75) is 33.2 Å². The fourth-order valence-electron chi connectivity index (χ4n) is 3.61. The van der Waals surface area contributed by atoms with Gasteiger partial charge in [-0.25, -0.2) is 4.98 Å². The molecule has 1 saturated heterocycles. The zero-order valence-electron chi connectivity index (χ0n) is 17.0. The van der Waals surface area contributed by atoms with Crippen LogP contribution in [0.4, 0.5) is 0 Å². The molecule has 152 valence electrons. The minimum Gasteiger partial charge on any atom is -0.358 e. The Balaban J connectivity index is 2.01. The van der Waals surface area contributed by atoms with Gasteiger partial charge in [0.2, 0.25) is 0 Å². The van der Waals surface area contributed by atoms with Crippen molar-refractivity contribution in [3.8, 4) is 0 Å². The van der Waals surface area contributed by atoms with Crippen LogP contribution in [0.2, 0.25) is 5.02 Å². The van der Waals surface area contributed by atoms with Crippen molar-refractivity contribution in [3.63, 3.8) is 0 Å². The first-order valence-corrected chi connectivity index (χ1v) is 10.1. The third-order valence-electron chi connectivity index (χ3n) is 4.88. The SMILES string of the molecule is C=N/C=C(\C=C/C)N/C=C(\N=C)c1c(C)nc2c(Cl)cc(CN3CCCC3)cn12. The zero-order chi connectivity index (χ0) is 20.8. The van der Waals surface area contributed by atoms with Crippen LogP contribution in [-0.4, -0.2) is 40.8 Å². The lowest BCUT2D eigenvalue weighted by molar-refractivity contribution is 0.331. The van der Waals surface area contributed by atoms with Crippen LogP contribution in [0.3, 0.4) is 0 Å². The Kier molecular flexibility index (Phi) is 7.01. The number of allylic oxidation sites excluding steroid dienone is 2. The molecular formula is C22H27ClN6. The van der Waals surface area contributed by atoms with Crippen LogP contribution in [0.5, 0.6) is 0 Å². The third-order valence-corrected chi connectivity index (χ3v) is 5.15. The number of nitrogens with zero attached hydrogens (tertiary/aromatic N) is 5. The minimum atomic E-state index is 0.637. The number of likely N-dealkylation sites (tertiary alicyclic amines) is 1. The van der Waals surface area contributed by atoms with Gasteiger partial charge in [-0.1, -0.05) is 17.7 Å². The maximum atomic E-state index is 6.57. The summed E-state index contributed by atoms with van der Waals surface area (Å²) in [5, 5.41) is 3.84. The molecule has 0 spiro atoms. The van der Waals surface area contributed by atoms with Crippen molar-refractivity contribution >= 4 is 36.4 Å². The number of imidazole rings is 1. The van der Waals surface area contributed by atoms with Gasteiger partial charge in [0, 0.05) is 25.1 Å². The molecule has 29 heavy (non-hydrogen) atoms. The lowest BCUT2D eigenvalue weighted by Gasteiger charge is -2.15. The number of nitrogens with one attached hydrogen (secondary N) is 1. The molecule has 0 aromatic carbocycles. The van der Waals surface area contributed by atoms with Gasteiger partial charge in [-0.05, 0) is 70.9 Å². The van der Waals surface area contributed by atoms with E-state index in [1.165, 1.54) is 12.8 Å². The Hall–Kier alpha value is -2.70. The molecule has 0 amide bonds. The Morgan fingerprint density at radius 1 is 1.34 bits per heavy atom. The average molecular weight is 411 g/mol. The fourth-order valence-corrected chi connectivity index (χ4v) is 3.88. The highest BCUT2D eigenvalue weighted by Gasteiger charge is 2.18. The summed E-state index contributed by atoms with van der Waals surface area (Å²) >= 11 is 6.57. The fraction of sp³-hybridized carbons (Fsp3) is 0.318. The van der Waals surface area contributed by atoms with Crippen molar-refractivity contribution < 1.29 is 0 Å². The smallest absolute Gasteiger partial charge is 0.156 e. The summed E-state index contributed by atoms with van der Waals surface area (Å²) in [6, 6.07) is 2.01. The van der Waals surface area contributed by atoms with Crippen molar-refractivity contribution in [3.05, 3.63) is 64.5 Å². The Morgan fingerprint density at radius 3 is 2.76 bits per heavy atom. The number of rotatable bonds is 8. The predicted octanol–water partition coefficient (Wildman–Crippen LogP) is 4.60. The van der Waals surface area contributed by atoms with Gasteiger partial charge < -0.3 is 5.32 Å². The molecule has 0 aliphatic carbocycles. The molecule has 2 aromatic heterocycles. The van der Waals surface area contributed by atoms with Crippen LogP contribution in [0.25, 0.3) is 11.3 Å². The number of hydrogen-bond donors (Lipinski definition) is 1. The third kappa shape index (κ3) is 4.83. The van der Waals surface area contributed by atoms with E-state index in [0.29, 0.717) is 10.7 Å². The van der Waals surface area contributed by atoms with Crippen LogP contribution >= 0.6 is 11.6 Å². The van der Waals surface area contributed by atoms with Crippen LogP contribution in [0.15, 0.2) is 52.5 Å². The maximum absolute atomic E-state index is 6.57. The summed E-state index contributed by atoms with van der Waals surface area (Å²) in [7, 11) is 0. The summed E-state index contributed by atoms with van der Waals surface area (Å²) in [6.45, 7) is 14.3. The second kappa shape index (κ2) is 9.67. The molecule has 1 fully saturated rings. The van der Waals surface area contributed by atoms with Crippen LogP contribution in [0, 0.1) is 6.92 Å². The Labute approximate surface area is 177 Å². The topological polar surface area (TPSA) is 57.3 Å². The second-order valence-corrected chi connectivity index (χ2v) is 7.43. The van der Waals surface area contributed by atoms with E-state index >= 15 is 0 Å². The Bertz CT molecular complexity index is 992. The maximum Gasteiger partial charge on any atom is 0.156 e. The van der Waals surface area contributed by atoms with Gasteiger partial charge in [-0.2, -0.15) is 0 Å². The number of aliphatic imine (C=N–C) groups is 2. The van der Waals surface area contributed by atoms with E-state index in [2.05, 4.69) is 44.8 Å². The molecule has 0 atom stereocenters. The first-order chi connectivity index (χ1) is 14.1. The molecule has 0 bridgehead atoms. The number of pyridine rings is 1. The Morgan fingerprint density at radius 2 is 2.10 bits per heavy atom. The van der Waals surface area contributed by atoms with Crippen LogP contribution < -0.4 is 5.32 Å². The number of aromatic nitrogens is 2. The van der Waals surface area contributed by atoms with E-state index < -0.39 is 0 Å². The zero-order valence-corrected chi connectivity index (χ0v) is 17.8. The van der Waals surface area contributed by atoms with Gasteiger partial charge in [0.05, 0.1) is 22.1 Å². The molecule has 7 heteroatoms. The number of aryl methyl sites for hydroxylation is 1. The molecule has 1 aliphatic heterocycles. The van der Waals surface area contributed by atoms with Crippen molar-refractivity contribution in [1.82, 2.24) is 19.6 Å². The summed E-state index contributed by atoms with van der Waals surface area (Å²) in [4.78, 5) is 15.2. The van der Waals surface area contributed by atoms with E-state index in [0.717, 1.165) is 47.9 Å². The van der Waals surface area contributed by atoms with Gasteiger partial charge in [0.25, 0.3) is 0 Å². The first-order valence-electron chi connectivity index (χ1n) is 9.69. The second-order valence-electron chi connectivity index (χ2n) is 7.02. The van der Waals surface area contributed by atoms with Gasteiger partial charge in [-0.15, -0.1) is 0 Å². The standard InChI is InChI=1S/C22H27ClN6/c1-5-8-18(12-24-3)26-13-20(25-4)21-16(2)27-22-19(23)11-17(15-29(21)22)14-28-9-6-7-10-28/h5,8,11-13,15,26H,3-4,6-7,9-10,14H2,1-2H3/b8-5-,18-12+,20-13-.